The van der Waals surface area contributed by atoms with Crippen LogP contribution in [0.3, 0.4) is 0 Å². The van der Waals surface area contributed by atoms with Gasteiger partial charge in [0, 0.05) is 10.6 Å². The van der Waals surface area contributed by atoms with Crippen molar-refractivity contribution < 1.29 is 0 Å². The van der Waals surface area contributed by atoms with E-state index in [0.29, 0.717) is 0 Å². The number of halogens is 1. The molecule has 1 aromatic heterocycles. The highest BCUT2D eigenvalue weighted by atomic mass is 127. The van der Waals surface area contributed by atoms with Crippen molar-refractivity contribution in [2.24, 2.45) is 7.05 Å². The van der Waals surface area contributed by atoms with E-state index in [1.165, 1.54) is 3.57 Å². The molecule has 4 heteroatoms. The van der Waals surface area contributed by atoms with Gasteiger partial charge in [0.05, 0.1) is 5.52 Å². The minimum Gasteiger partial charge on any atom is -0.248 e. The number of hydrogen-bond donors (Lipinski definition) is 0. The van der Waals surface area contributed by atoms with E-state index in [2.05, 4.69) is 39.0 Å². The lowest BCUT2D eigenvalue weighted by Crippen LogP contribution is -1.89. The van der Waals surface area contributed by atoms with E-state index in [0.717, 1.165) is 11.0 Å². The predicted octanol–water partition coefficient (Wildman–Crippen LogP) is 1.57. The molecular formula is C7H6IN3. The van der Waals surface area contributed by atoms with Crippen molar-refractivity contribution in [3.63, 3.8) is 0 Å². The molecule has 1 heterocycles. The SMILES string of the molecule is Cn1nnc2ccc(I)cc21. The van der Waals surface area contributed by atoms with Crippen molar-refractivity contribution in [2.45, 2.75) is 0 Å². The fourth-order valence-electron chi connectivity index (χ4n) is 1.00. The molecule has 0 unspecified atom stereocenters. The van der Waals surface area contributed by atoms with Crippen LogP contribution in [-0.4, -0.2) is 15.0 Å². The molecule has 0 N–H and O–H groups in total. The molecule has 3 nitrogen and oxygen atoms in total. The number of benzene rings is 1. The predicted molar refractivity (Wildman–Crippen MR) is 51.2 cm³/mol. The molecule has 56 valence electrons. The van der Waals surface area contributed by atoms with E-state index >= 15 is 0 Å². The van der Waals surface area contributed by atoms with Crippen molar-refractivity contribution >= 4 is 33.6 Å². The Morgan fingerprint density at radius 1 is 1.45 bits per heavy atom. The Balaban J connectivity index is 2.87. The molecule has 2 rings (SSSR count). The molecule has 0 bridgehead atoms. The summed E-state index contributed by atoms with van der Waals surface area (Å²) in [5, 5.41) is 7.87. The topological polar surface area (TPSA) is 30.7 Å². The molecular weight excluding hydrogens is 253 g/mol. The van der Waals surface area contributed by atoms with Crippen LogP contribution in [0.2, 0.25) is 0 Å². The van der Waals surface area contributed by atoms with E-state index in [1.807, 2.05) is 19.2 Å². The summed E-state index contributed by atoms with van der Waals surface area (Å²) in [6.45, 7) is 0. The van der Waals surface area contributed by atoms with Gasteiger partial charge in [0.25, 0.3) is 0 Å². The van der Waals surface area contributed by atoms with Gasteiger partial charge in [-0.25, -0.2) is 4.68 Å². The second kappa shape index (κ2) is 2.44. The molecule has 11 heavy (non-hydrogen) atoms. The Morgan fingerprint density at radius 2 is 2.27 bits per heavy atom. The first-order chi connectivity index (χ1) is 5.27. The summed E-state index contributed by atoms with van der Waals surface area (Å²) < 4.78 is 2.98. The number of aromatic nitrogens is 3. The Hall–Kier alpha value is -0.650. The van der Waals surface area contributed by atoms with E-state index in [4.69, 9.17) is 0 Å². The maximum absolute atomic E-state index is 3.97. The van der Waals surface area contributed by atoms with Crippen LogP contribution in [0.5, 0.6) is 0 Å². The molecule has 0 spiro atoms. The van der Waals surface area contributed by atoms with Gasteiger partial charge in [-0.1, -0.05) is 5.21 Å². The van der Waals surface area contributed by atoms with Gasteiger partial charge < -0.3 is 0 Å². The lowest BCUT2D eigenvalue weighted by molar-refractivity contribution is 0.736. The summed E-state index contributed by atoms with van der Waals surface area (Å²) in [6.07, 6.45) is 0. The second-order valence-corrected chi connectivity index (χ2v) is 3.59. The normalized spacial score (nSPS) is 10.7. The van der Waals surface area contributed by atoms with E-state index < -0.39 is 0 Å². The van der Waals surface area contributed by atoms with Crippen LogP contribution in [-0.2, 0) is 7.05 Å². The van der Waals surface area contributed by atoms with Crippen LogP contribution >= 0.6 is 22.6 Å². The Labute approximate surface area is 77.5 Å². The van der Waals surface area contributed by atoms with Crippen molar-refractivity contribution in [3.05, 3.63) is 21.8 Å². The fraction of sp³-hybridized carbons (Fsp3) is 0.143. The quantitative estimate of drug-likeness (QED) is 0.672. The Bertz CT molecular complexity index is 393. The maximum atomic E-state index is 3.97. The first-order valence-corrected chi connectivity index (χ1v) is 4.30. The third-order valence-corrected chi connectivity index (χ3v) is 2.24. The molecule has 0 atom stereocenters. The highest BCUT2D eigenvalue weighted by Gasteiger charge is 1.99. The third kappa shape index (κ3) is 1.11. The lowest BCUT2D eigenvalue weighted by Gasteiger charge is -1.91. The monoisotopic (exact) mass is 259 g/mol. The van der Waals surface area contributed by atoms with E-state index in [-0.39, 0.29) is 0 Å². The van der Waals surface area contributed by atoms with Crippen LogP contribution < -0.4 is 0 Å². The molecule has 0 amide bonds. The minimum atomic E-state index is 0.952. The first-order valence-electron chi connectivity index (χ1n) is 3.22. The van der Waals surface area contributed by atoms with Gasteiger partial charge >= 0.3 is 0 Å². The minimum absolute atomic E-state index is 0.952. The first kappa shape index (κ1) is 7.02. The van der Waals surface area contributed by atoms with Gasteiger partial charge in [-0.15, -0.1) is 5.10 Å². The van der Waals surface area contributed by atoms with Gasteiger partial charge in [0.15, 0.2) is 0 Å². The number of nitrogens with zero attached hydrogens (tertiary/aromatic N) is 3. The van der Waals surface area contributed by atoms with E-state index in [1.54, 1.807) is 4.68 Å². The van der Waals surface area contributed by atoms with Crippen molar-refractivity contribution in [1.82, 2.24) is 15.0 Å². The number of fused-ring (bicyclic) bond motifs is 1. The summed E-state index contributed by atoms with van der Waals surface area (Å²) in [7, 11) is 1.89. The number of hydrogen-bond acceptors (Lipinski definition) is 2. The zero-order valence-corrected chi connectivity index (χ0v) is 8.11. The van der Waals surface area contributed by atoms with Crippen molar-refractivity contribution in [2.75, 3.05) is 0 Å². The Morgan fingerprint density at radius 3 is 3.09 bits per heavy atom. The van der Waals surface area contributed by atoms with Gasteiger partial charge in [-0.3, -0.25) is 0 Å². The van der Waals surface area contributed by atoms with Crippen LogP contribution in [0, 0.1) is 3.57 Å². The summed E-state index contributed by atoms with van der Waals surface area (Å²) in [6, 6.07) is 6.07. The van der Waals surface area contributed by atoms with Crippen LogP contribution in [0.25, 0.3) is 11.0 Å². The number of rotatable bonds is 0. The molecule has 0 aliphatic heterocycles. The molecule has 2 aromatic rings. The highest BCUT2D eigenvalue weighted by molar-refractivity contribution is 14.1. The largest absolute Gasteiger partial charge is 0.248 e. The van der Waals surface area contributed by atoms with Gasteiger partial charge in [0.1, 0.15) is 5.52 Å². The molecule has 0 aliphatic rings. The second-order valence-electron chi connectivity index (χ2n) is 2.35. The maximum Gasteiger partial charge on any atom is 0.113 e. The van der Waals surface area contributed by atoms with Crippen LogP contribution in [0.1, 0.15) is 0 Å². The zero-order chi connectivity index (χ0) is 7.84. The summed E-state index contributed by atoms with van der Waals surface area (Å²) in [5.74, 6) is 0. The third-order valence-electron chi connectivity index (χ3n) is 1.57. The highest BCUT2D eigenvalue weighted by Crippen LogP contribution is 2.13. The molecule has 0 saturated heterocycles. The zero-order valence-electron chi connectivity index (χ0n) is 5.95. The molecule has 0 fully saturated rings. The Kier molecular flexibility index (Phi) is 1.56. The van der Waals surface area contributed by atoms with Crippen molar-refractivity contribution in [3.8, 4) is 0 Å². The van der Waals surface area contributed by atoms with E-state index in [9.17, 15) is 0 Å². The lowest BCUT2D eigenvalue weighted by atomic mass is 10.3. The molecule has 0 radical (unpaired) electrons. The smallest absolute Gasteiger partial charge is 0.113 e. The van der Waals surface area contributed by atoms with Crippen LogP contribution in [0.15, 0.2) is 18.2 Å². The average molecular weight is 259 g/mol. The summed E-state index contributed by atoms with van der Waals surface area (Å²) in [4.78, 5) is 0. The van der Waals surface area contributed by atoms with Gasteiger partial charge in [-0.2, -0.15) is 0 Å². The average Bonchev–Trinajstić information content (AvgIpc) is 2.33. The summed E-state index contributed by atoms with van der Waals surface area (Å²) >= 11 is 2.27. The van der Waals surface area contributed by atoms with Gasteiger partial charge in [-0.05, 0) is 40.8 Å². The summed E-state index contributed by atoms with van der Waals surface area (Å²) in [5.41, 5.74) is 2.03. The number of aryl methyl sites for hydroxylation is 1. The van der Waals surface area contributed by atoms with Crippen LogP contribution in [0.4, 0.5) is 0 Å². The standard InChI is InChI=1S/C7H6IN3/c1-11-7-4-5(8)2-3-6(7)9-10-11/h2-4H,1H3. The van der Waals surface area contributed by atoms with Gasteiger partial charge in [0.2, 0.25) is 0 Å². The van der Waals surface area contributed by atoms with Crippen molar-refractivity contribution in [1.29, 1.82) is 0 Å². The molecule has 0 saturated carbocycles. The molecule has 0 aliphatic carbocycles. The molecule has 1 aromatic carbocycles. The fourth-order valence-corrected chi connectivity index (χ4v) is 1.48.